The molecule has 1 amide bonds. The highest BCUT2D eigenvalue weighted by Crippen LogP contribution is 2.33. The zero-order chi connectivity index (χ0) is 11.1. The lowest BCUT2D eigenvalue weighted by molar-refractivity contribution is -0.124. The Bertz CT molecular complexity index is 190. The molecule has 0 aromatic carbocycles. The van der Waals surface area contributed by atoms with E-state index in [0.717, 1.165) is 31.7 Å². The van der Waals surface area contributed by atoms with E-state index in [-0.39, 0.29) is 11.8 Å². The molecule has 15 heavy (non-hydrogen) atoms. The van der Waals surface area contributed by atoms with Crippen molar-refractivity contribution in [2.75, 3.05) is 13.1 Å². The number of hydrogen-bond donors (Lipinski definition) is 2. The van der Waals surface area contributed by atoms with E-state index in [2.05, 4.69) is 5.32 Å². The van der Waals surface area contributed by atoms with Crippen LogP contribution in [0.4, 0.5) is 0 Å². The first-order valence-corrected chi connectivity index (χ1v) is 6.21. The molecule has 1 rings (SSSR count). The molecule has 0 bridgehead atoms. The Morgan fingerprint density at radius 1 is 1.47 bits per heavy atom. The van der Waals surface area contributed by atoms with Crippen LogP contribution in [0.5, 0.6) is 0 Å². The molecule has 1 atom stereocenters. The largest absolute Gasteiger partial charge is 0.356 e. The van der Waals surface area contributed by atoms with Gasteiger partial charge in [0.05, 0.1) is 0 Å². The van der Waals surface area contributed by atoms with Gasteiger partial charge in [0.2, 0.25) is 5.91 Å². The fraction of sp³-hybridized carbons (Fsp3) is 0.917. The van der Waals surface area contributed by atoms with Crippen molar-refractivity contribution in [3.05, 3.63) is 0 Å². The molecule has 0 aliphatic heterocycles. The summed E-state index contributed by atoms with van der Waals surface area (Å²) in [7, 11) is 0. The van der Waals surface area contributed by atoms with Crippen molar-refractivity contribution in [1.82, 2.24) is 5.32 Å². The Kier molecular flexibility index (Phi) is 5.69. The van der Waals surface area contributed by atoms with Crippen molar-refractivity contribution in [3.63, 3.8) is 0 Å². The van der Waals surface area contributed by atoms with E-state index in [0.29, 0.717) is 6.54 Å². The topological polar surface area (TPSA) is 55.1 Å². The monoisotopic (exact) mass is 212 g/mol. The molecular formula is C12H24N2O. The van der Waals surface area contributed by atoms with E-state index >= 15 is 0 Å². The maximum Gasteiger partial charge on any atom is 0.222 e. The lowest BCUT2D eigenvalue weighted by Gasteiger charge is -2.11. The van der Waals surface area contributed by atoms with Gasteiger partial charge in [-0.05, 0) is 38.1 Å². The van der Waals surface area contributed by atoms with Crippen LogP contribution < -0.4 is 11.1 Å². The molecular weight excluding hydrogens is 188 g/mol. The van der Waals surface area contributed by atoms with Crippen LogP contribution in [-0.4, -0.2) is 19.0 Å². The van der Waals surface area contributed by atoms with Gasteiger partial charge in [-0.15, -0.1) is 0 Å². The summed E-state index contributed by atoms with van der Waals surface area (Å²) in [6, 6.07) is 0. The van der Waals surface area contributed by atoms with E-state index in [1.54, 1.807) is 0 Å². The van der Waals surface area contributed by atoms with Crippen molar-refractivity contribution in [1.29, 1.82) is 0 Å². The molecule has 88 valence electrons. The van der Waals surface area contributed by atoms with Crippen molar-refractivity contribution in [2.24, 2.45) is 17.6 Å². The van der Waals surface area contributed by atoms with Crippen LogP contribution in [0.2, 0.25) is 0 Å². The van der Waals surface area contributed by atoms with Crippen molar-refractivity contribution in [2.45, 2.75) is 45.4 Å². The lowest BCUT2D eigenvalue weighted by Crippen LogP contribution is -2.30. The molecule has 1 saturated carbocycles. The smallest absolute Gasteiger partial charge is 0.222 e. The Balaban J connectivity index is 1.95. The summed E-state index contributed by atoms with van der Waals surface area (Å²) in [5.41, 5.74) is 5.41. The highest BCUT2D eigenvalue weighted by Gasteiger charge is 2.20. The zero-order valence-electron chi connectivity index (χ0n) is 9.80. The SMILES string of the molecule is CC(CCCN)C(=O)NCCCC1CC1. The average Bonchev–Trinajstić information content (AvgIpc) is 3.04. The Morgan fingerprint density at radius 3 is 2.80 bits per heavy atom. The summed E-state index contributed by atoms with van der Waals surface area (Å²) in [4.78, 5) is 11.6. The van der Waals surface area contributed by atoms with Gasteiger partial charge in [-0.1, -0.05) is 19.8 Å². The minimum Gasteiger partial charge on any atom is -0.356 e. The van der Waals surface area contributed by atoms with Crippen molar-refractivity contribution >= 4 is 5.91 Å². The van der Waals surface area contributed by atoms with Crippen molar-refractivity contribution < 1.29 is 4.79 Å². The number of nitrogens with two attached hydrogens (primary N) is 1. The van der Waals surface area contributed by atoms with Crippen LogP contribution in [-0.2, 0) is 4.79 Å². The zero-order valence-corrected chi connectivity index (χ0v) is 9.80. The molecule has 0 heterocycles. The number of rotatable bonds is 8. The second-order valence-corrected chi connectivity index (χ2v) is 4.71. The normalized spacial score (nSPS) is 17.5. The molecule has 1 aliphatic rings. The quantitative estimate of drug-likeness (QED) is 0.601. The summed E-state index contributed by atoms with van der Waals surface area (Å²) in [6.07, 6.45) is 7.08. The first kappa shape index (κ1) is 12.5. The molecule has 3 nitrogen and oxygen atoms in total. The molecule has 0 spiro atoms. The third kappa shape index (κ3) is 5.78. The fourth-order valence-electron chi connectivity index (χ4n) is 1.74. The van der Waals surface area contributed by atoms with Gasteiger partial charge in [0, 0.05) is 12.5 Å². The second kappa shape index (κ2) is 6.83. The molecule has 0 aromatic rings. The van der Waals surface area contributed by atoms with E-state index < -0.39 is 0 Å². The Labute approximate surface area is 92.8 Å². The summed E-state index contributed by atoms with van der Waals surface area (Å²) >= 11 is 0. The molecule has 1 fully saturated rings. The van der Waals surface area contributed by atoms with Gasteiger partial charge in [0.1, 0.15) is 0 Å². The third-order valence-electron chi connectivity index (χ3n) is 3.07. The van der Waals surface area contributed by atoms with E-state index in [9.17, 15) is 4.79 Å². The summed E-state index contributed by atoms with van der Waals surface area (Å²) in [6.45, 7) is 3.51. The minimum atomic E-state index is 0.120. The average molecular weight is 212 g/mol. The predicted octanol–water partition coefficient (Wildman–Crippen LogP) is 1.67. The predicted molar refractivity (Wildman–Crippen MR) is 62.4 cm³/mol. The lowest BCUT2D eigenvalue weighted by atomic mass is 10.0. The number of amides is 1. The maximum atomic E-state index is 11.6. The van der Waals surface area contributed by atoms with Crippen LogP contribution in [0.1, 0.15) is 45.4 Å². The van der Waals surface area contributed by atoms with Gasteiger partial charge < -0.3 is 11.1 Å². The molecule has 1 unspecified atom stereocenters. The maximum absolute atomic E-state index is 11.6. The molecule has 0 saturated heterocycles. The molecule has 0 radical (unpaired) electrons. The van der Waals surface area contributed by atoms with Gasteiger partial charge in [-0.3, -0.25) is 4.79 Å². The first-order valence-electron chi connectivity index (χ1n) is 6.21. The highest BCUT2D eigenvalue weighted by molar-refractivity contribution is 5.78. The molecule has 1 aliphatic carbocycles. The standard InChI is InChI=1S/C12H24N2O/c1-10(4-2-8-13)12(15)14-9-3-5-11-6-7-11/h10-11H,2-9,13H2,1H3,(H,14,15). The fourth-order valence-corrected chi connectivity index (χ4v) is 1.74. The van der Waals surface area contributed by atoms with Gasteiger partial charge in [0.25, 0.3) is 0 Å². The summed E-state index contributed by atoms with van der Waals surface area (Å²) < 4.78 is 0. The highest BCUT2D eigenvalue weighted by atomic mass is 16.1. The minimum absolute atomic E-state index is 0.120. The van der Waals surface area contributed by atoms with Crippen LogP contribution in [0.25, 0.3) is 0 Å². The number of carbonyl (C=O) groups excluding carboxylic acids is 1. The van der Waals surface area contributed by atoms with Crippen molar-refractivity contribution in [3.8, 4) is 0 Å². The first-order chi connectivity index (χ1) is 7.24. The van der Waals surface area contributed by atoms with Gasteiger partial charge in [-0.2, -0.15) is 0 Å². The van der Waals surface area contributed by atoms with Gasteiger partial charge in [-0.25, -0.2) is 0 Å². The molecule has 0 aromatic heterocycles. The molecule has 3 heteroatoms. The van der Waals surface area contributed by atoms with Crippen LogP contribution in [0.15, 0.2) is 0 Å². The van der Waals surface area contributed by atoms with Crippen LogP contribution in [0.3, 0.4) is 0 Å². The van der Waals surface area contributed by atoms with Gasteiger partial charge in [0.15, 0.2) is 0 Å². The van der Waals surface area contributed by atoms with Crippen LogP contribution >= 0.6 is 0 Å². The van der Waals surface area contributed by atoms with Gasteiger partial charge >= 0.3 is 0 Å². The summed E-state index contributed by atoms with van der Waals surface area (Å²) in [5, 5.41) is 2.99. The second-order valence-electron chi connectivity index (χ2n) is 4.71. The Hall–Kier alpha value is -0.570. The number of hydrogen-bond acceptors (Lipinski definition) is 2. The molecule has 3 N–H and O–H groups in total. The summed E-state index contributed by atoms with van der Waals surface area (Å²) in [5.74, 6) is 1.28. The van der Waals surface area contributed by atoms with E-state index in [4.69, 9.17) is 5.73 Å². The Morgan fingerprint density at radius 2 is 2.20 bits per heavy atom. The van der Waals surface area contributed by atoms with E-state index in [1.165, 1.54) is 19.3 Å². The number of carbonyl (C=O) groups is 1. The third-order valence-corrected chi connectivity index (χ3v) is 3.07. The van der Waals surface area contributed by atoms with Crippen LogP contribution in [0, 0.1) is 11.8 Å². The van der Waals surface area contributed by atoms with E-state index in [1.807, 2.05) is 6.92 Å². The number of nitrogens with one attached hydrogen (secondary N) is 1.